The van der Waals surface area contributed by atoms with Gasteiger partial charge in [0, 0.05) is 0 Å². The van der Waals surface area contributed by atoms with Crippen molar-refractivity contribution in [1.82, 2.24) is 0 Å². The molecule has 4 unspecified atom stereocenters. The molecule has 30 heavy (non-hydrogen) atoms. The van der Waals surface area contributed by atoms with E-state index in [9.17, 15) is 4.79 Å². The van der Waals surface area contributed by atoms with Crippen LogP contribution in [0.1, 0.15) is 110 Å². The van der Waals surface area contributed by atoms with Crippen LogP contribution in [-0.4, -0.2) is 18.4 Å². The zero-order valence-corrected chi connectivity index (χ0v) is 15.5. The number of carbonyl (C=O) groups is 1. The summed E-state index contributed by atoms with van der Waals surface area (Å²) in [6.45, 7) is 10.2. The van der Waals surface area contributed by atoms with E-state index in [0.717, 1.165) is 12.8 Å². The number of hydrogen-bond acceptors (Lipinski definition) is 4. The maximum atomic E-state index is 12.4. The van der Waals surface area contributed by atoms with Crippen molar-refractivity contribution in [2.45, 2.75) is 117 Å². The molecule has 1 saturated heterocycles. The molecule has 0 bridgehead atoms. The molecule has 1 saturated carbocycles. The molecule has 1 heterocycles. The maximum Gasteiger partial charge on any atom is 0.314 e. The van der Waals surface area contributed by atoms with Gasteiger partial charge in [-0.3, -0.25) is 4.79 Å². The number of ether oxygens (including phenoxy) is 1. The summed E-state index contributed by atoms with van der Waals surface area (Å²) in [5, 5.41) is 0. The summed E-state index contributed by atoms with van der Waals surface area (Å²) >= 11 is 0. The summed E-state index contributed by atoms with van der Waals surface area (Å²) in [6.07, 6.45) is 2.38. The van der Waals surface area contributed by atoms with Crippen LogP contribution >= 0.6 is 0 Å². The van der Waals surface area contributed by atoms with Crippen molar-refractivity contribution in [1.29, 1.82) is 0 Å². The van der Waals surface area contributed by atoms with E-state index in [1.165, 1.54) is 12.0 Å². The fraction of sp³-hybridized carbons (Fsp3) is 0.731. The van der Waals surface area contributed by atoms with Crippen LogP contribution in [0.25, 0.3) is 0 Å². The van der Waals surface area contributed by atoms with Crippen molar-refractivity contribution in [3.8, 4) is 0 Å². The van der Waals surface area contributed by atoms with E-state index in [4.69, 9.17) is 14.5 Å². The quantitative estimate of drug-likeness (QED) is 0.346. The lowest BCUT2D eigenvalue weighted by atomic mass is 9.85. The van der Waals surface area contributed by atoms with Gasteiger partial charge < -0.3 is 4.74 Å². The molecule has 2 aliphatic rings. The minimum atomic E-state index is -0.546. The highest BCUT2D eigenvalue weighted by Crippen LogP contribution is 2.57. The van der Waals surface area contributed by atoms with Crippen molar-refractivity contribution < 1.29 is 19.3 Å². The molecule has 4 heteroatoms. The third-order valence-corrected chi connectivity index (χ3v) is 4.67. The Labute approximate surface area is 189 Å². The van der Waals surface area contributed by atoms with Gasteiger partial charge in [0.25, 0.3) is 6.29 Å². The summed E-state index contributed by atoms with van der Waals surface area (Å²) in [5.74, 6) is 0.584. The zero-order valence-electron chi connectivity index (χ0n) is 15.5. The molecule has 1 aliphatic carbocycles. The lowest BCUT2D eigenvalue weighted by Gasteiger charge is -2.35. The van der Waals surface area contributed by atoms with Gasteiger partial charge in [-0.25, -0.2) is 4.89 Å². The molecule has 0 radical (unpaired) electrons. The molecule has 4 nitrogen and oxygen atoms in total. The van der Waals surface area contributed by atoms with Crippen molar-refractivity contribution in [2.75, 3.05) is 0 Å². The van der Waals surface area contributed by atoms with E-state index in [1.54, 1.807) is 0 Å². The first-order chi connectivity index (χ1) is 11.5. The van der Waals surface area contributed by atoms with Crippen LogP contribution in [0.15, 0.2) is 30.3 Å². The lowest BCUT2D eigenvalue weighted by molar-refractivity contribution is -0.511. The Kier molecular flexibility index (Phi) is 22.6. The third-order valence-electron chi connectivity index (χ3n) is 4.67. The number of rotatable bonds is 5. The molecule has 2 fully saturated rings. The Morgan fingerprint density at radius 1 is 0.967 bits per heavy atom. The highest BCUT2D eigenvalue weighted by Gasteiger charge is 2.54. The fourth-order valence-electron chi connectivity index (χ4n) is 3.01. The summed E-state index contributed by atoms with van der Waals surface area (Å²) in [4.78, 5) is 22.2. The lowest BCUT2D eigenvalue weighted by Crippen LogP contribution is -2.47. The van der Waals surface area contributed by atoms with Gasteiger partial charge in [0.05, 0.1) is 5.41 Å². The Morgan fingerprint density at radius 2 is 1.47 bits per heavy atom. The minimum Gasteiger partial charge on any atom is -0.429 e. The van der Waals surface area contributed by atoms with Crippen molar-refractivity contribution in [3.63, 3.8) is 0 Å². The standard InChI is InChI=1S/C17H22O4.C3H8.6CH4/c1-4-14-15(21-20-14)19-16(18)17(2,3)13-10-12(13)11-8-6-5-7-9-11;1-3-2;;;;;;/h5-9,12-15H,4,10H2,1-3H3;3H2,1-2H3;6*1H4. The Balaban J connectivity index is -0.000000219. The first-order valence-electron chi connectivity index (χ1n) is 9.03. The van der Waals surface area contributed by atoms with Gasteiger partial charge in [-0.2, -0.15) is 4.89 Å². The van der Waals surface area contributed by atoms with E-state index in [0.29, 0.717) is 11.8 Å². The van der Waals surface area contributed by atoms with E-state index < -0.39 is 11.7 Å². The Bertz CT molecular complexity index is 525. The van der Waals surface area contributed by atoms with Gasteiger partial charge in [0.1, 0.15) is 0 Å². The van der Waals surface area contributed by atoms with E-state index in [-0.39, 0.29) is 56.6 Å². The topological polar surface area (TPSA) is 44.8 Å². The molecule has 1 aromatic carbocycles. The van der Waals surface area contributed by atoms with E-state index in [1.807, 2.05) is 39.0 Å². The van der Waals surface area contributed by atoms with Gasteiger partial charge in [-0.05, 0) is 44.1 Å². The van der Waals surface area contributed by atoms with E-state index in [2.05, 4.69) is 26.0 Å². The van der Waals surface area contributed by atoms with Crippen LogP contribution in [0.3, 0.4) is 0 Å². The molecule has 1 aromatic rings. The van der Waals surface area contributed by atoms with Crippen LogP contribution in [0.2, 0.25) is 0 Å². The second kappa shape index (κ2) is 17.3. The molecular formula is C26H54O4. The van der Waals surface area contributed by atoms with Crippen molar-refractivity contribution in [2.24, 2.45) is 11.3 Å². The van der Waals surface area contributed by atoms with Crippen molar-refractivity contribution in [3.05, 3.63) is 35.9 Å². The highest BCUT2D eigenvalue weighted by atomic mass is 17.3. The summed E-state index contributed by atoms with van der Waals surface area (Å²) in [5.41, 5.74) is 0.802. The zero-order chi connectivity index (χ0) is 17.7. The molecule has 3 rings (SSSR count). The monoisotopic (exact) mass is 430 g/mol. The van der Waals surface area contributed by atoms with Crippen LogP contribution in [0.5, 0.6) is 0 Å². The second-order valence-electron chi connectivity index (χ2n) is 7.20. The highest BCUT2D eigenvalue weighted by molar-refractivity contribution is 5.77. The largest absolute Gasteiger partial charge is 0.429 e. The minimum absolute atomic E-state index is 0. The molecule has 0 N–H and O–H groups in total. The van der Waals surface area contributed by atoms with Crippen molar-refractivity contribution >= 4 is 5.97 Å². The fourth-order valence-corrected chi connectivity index (χ4v) is 3.01. The normalized spacial score (nSPS) is 22.6. The number of hydrogen-bond donors (Lipinski definition) is 0. The average molecular weight is 431 g/mol. The van der Waals surface area contributed by atoms with Crippen LogP contribution < -0.4 is 0 Å². The number of carbonyl (C=O) groups excluding carboxylic acids is 1. The maximum absolute atomic E-state index is 12.4. The average Bonchev–Trinajstić information content (AvgIpc) is 3.34. The molecular weight excluding hydrogens is 376 g/mol. The Hall–Kier alpha value is -1.39. The molecule has 0 amide bonds. The molecule has 4 atom stereocenters. The predicted molar refractivity (Wildman–Crippen MR) is 134 cm³/mol. The van der Waals surface area contributed by atoms with Gasteiger partial charge in [0.15, 0.2) is 6.10 Å². The molecule has 0 spiro atoms. The molecule has 1 aliphatic heterocycles. The third kappa shape index (κ3) is 9.18. The smallest absolute Gasteiger partial charge is 0.314 e. The Morgan fingerprint density at radius 3 is 1.87 bits per heavy atom. The van der Waals surface area contributed by atoms with Crippen LogP contribution in [-0.2, 0) is 19.3 Å². The summed E-state index contributed by atoms with van der Waals surface area (Å²) in [7, 11) is 0. The number of benzene rings is 1. The molecule has 182 valence electrons. The number of esters is 1. The summed E-state index contributed by atoms with van der Waals surface area (Å²) in [6, 6.07) is 10.4. The van der Waals surface area contributed by atoms with Crippen LogP contribution in [0, 0.1) is 11.3 Å². The van der Waals surface area contributed by atoms with Gasteiger partial charge in [0.2, 0.25) is 0 Å². The second-order valence-corrected chi connectivity index (χ2v) is 7.20. The SMILES string of the molecule is C.C.C.C.C.C.CCC.CCC1OOC1OC(=O)C(C)(C)C1CC1c1ccccc1. The first-order valence-corrected chi connectivity index (χ1v) is 9.03. The molecule has 0 aromatic heterocycles. The van der Waals surface area contributed by atoms with Crippen LogP contribution in [0.4, 0.5) is 0 Å². The van der Waals surface area contributed by atoms with Gasteiger partial charge >= 0.3 is 5.97 Å². The van der Waals surface area contributed by atoms with Gasteiger partial charge in [-0.1, -0.05) is 102 Å². The summed E-state index contributed by atoms with van der Waals surface area (Å²) < 4.78 is 5.45. The van der Waals surface area contributed by atoms with Gasteiger partial charge in [-0.15, -0.1) is 0 Å². The predicted octanol–water partition coefficient (Wildman–Crippen LogP) is 8.66. The van der Waals surface area contributed by atoms with E-state index >= 15 is 0 Å². The first kappa shape index (κ1) is 39.1.